The van der Waals surface area contributed by atoms with Gasteiger partial charge in [0.05, 0.1) is 7.11 Å². The number of carbonyl (C=O) groups excluding carboxylic acids is 1. The maximum absolute atomic E-state index is 12.5. The molecule has 0 N–H and O–H groups in total. The predicted octanol–water partition coefficient (Wildman–Crippen LogP) is 4.07. The molecule has 0 atom stereocenters. The van der Waals surface area contributed by atoms with Crippen molar-refractivity contribution in [1.29, 1.82) is 0 Å². The molecular formula is C21H18ClNO4. The molecule has 138 valence electrons. The molecule has 1 heterocycles. The van der Waals surface area contributed by atoms with Crippen LogP contribution in [0.15, 0.2) is 65.6 Å². The molecule has 0 aliphatic rings. The summed E-state index contributed by atoms with van der Waals surface area (Å²) in [5.74, 6) is 0.0621. The van der Waals surface area contributed by atoms with E-state index in [2.05, 4.69) is 0 Å². The monoisotopic (exact) mass is 383 g/mol. The Morgan fingerprint density at radius 2 is 1.70 bits per heavy atom. The zero-order valence-electron chi connectivity index (χ0n) is 14.9. The van der Waals surface area contributed by atoms with Gasteiger partial charge in [0.15, 0.2) is 0 Å². The van der Waals surface area contributed by atoms with Gasteiger partial charge in [-0.1, -0.05) is 35.9 Å². The molecule has 0 amide bonds. The number of aromatic nitrogens is 1. The molecule has 0 radical (unpaired) electrons. The molecule has 27 heavy (non-hydrogen) atoms. The second-order valence-corrected chi connectivity index (χ2v) is 6.43. The van der Waals surface area contributed by atoms with Gasteiger partial charge in [-0.2, -0.15) is 0 Å². The normalized spacial score (nSPS) is 10.5. The Morgan fingerprint density at radius 1 is 1.04 bits per heavy atom. The van der Waals surface area contributed by atoms with E-state index >= 15 is 0 Å². The first-order chi connectivity index (χ1) is 13.0. The Hall–Kier alpha value is -3.05. The fourth-order valence-electron chi connectivity index (χ4n) is 2.61. The minimum atomic E-state index is -0.666. The van der Waals surface area contributed by atoms with Crippen molar-refractivity contribution in [1.82, 2.24) is 4.57 Å². The zero-order chi connectivity index (χ0) is 19.4. The van der Waals surface area contributed by atoms with E-state index in [1.54, 1.807) is 50.7 Å². The van der Waals surface area contributed by atoms with Crippen molar-refractivity contribution in [2.24, 2.45) is 7.05 Å². The van der Waals surface area contributed by atoms with Gasteiger partial charge in [0.1, 0.15) is 17.9 Å². The van der Waals surface area contributed by atoms with Gasteiger partial charge in [-0.3, -0.25) is 4.79 Å². The van der Waals surface area contributed by atoms with Crippen molar-refractivity contribution in [2.75, 3.05) is 7.11 Å². The molecule has 1 aromatic heterocycles. The van der Waals surface area contributed by atoms with Gasteiger partial charge in [-0.25, -0.2) is 4.79 Å². The van der Waals surface area contributed by atoms with Crippen LogP contribution >= 0.6 is 11.6 Å². The summed E-state index contributed by atoms with van der Waals surface area (Å²) in [5, 5.41) is 0.603. The quantitative estimate of drug-likeness (QED) is 0.623. The number of halogens is 1. The number of methoxy groups -OCH3 is 1. The second kappa shape index (κ2) is 8.10. The van der Waals surface area contributed by atoms with Crippen LogP contribution in [-0.2, 0) is 18.4 Å². The number of benzene rings is 2. The molecule has 2 aromatic carbocycles. The number of rotatable bonds is 5. The summed E-state index contributed by atoms with van der Waals surface area (Å²) in [7, 11) is 3.20. The zero-order valence-corrected chi connectivity index (χ0v) is 15.7. The Labute approximate surface area is 161 Å². The van der Waals surface area contributed by atoms with E-state index in [-0.39, 0.29) is 12.2 Å². The first-order valence-corrected chi connectivity index (χ1v) is 8.62. The smallest absolute Gasteiger partial charge is 0.344 e. The number of aryl methyl sites for hydroxylation is 1. The molecule has 3 rings (SSSR count). The summed E-state index contributed by atoms with van der Waals surface area (Å²) in [6.45, 7) is 0.0614. The number of pyridine rings is 1. The van der Waals surface area contributed by atoms with E-state index in [0.29, 0.717) is 5.02 Å². The predicted molar refractivity (Wildman–Crippen MR) is 104 cm³/mol. The molecule has 3 aromatic rings. The highest BCUT2D eigenvalue weighted by molar-refractivity contribution is 6.30. The maximum atomic E-state index is 12.5. The maximum Gasteiger partial charge on any atom is 0.344 e. The molecule has 0 fully saturated rings. The molecule has 0 unspecified atom stereocenters. The van der Waals surface area contributed by atoms with E-state index in [1.807, 2.05) is 24.3 Å². The second-order valence-electron chi connectivity index (χ2n) is 5.99. The molecule has 0 aliphatic carbocycles. The van der Waals surface area contributed by atoms with E-state index in [4.69, 9.17) is 21.1 Å². The minimum Gasteiger partial charge on any atom is -0.497 e. The molecule has 0 bridgehead atoms. The first-order valence-electron chi connectivity index (χ1n) is 8.24. The number of nitrogens with zero attached hydrogens (tertiary/aromatic N) is 1. The number of hydrogen-bond donors (Lipinski definition) is 0. The lowest BCUT2D eigenvalue weighted by Crippen LogP contribution is -2.25. The molecule has 0 saturated carbocycles. The van der Waals surface area contributed by atoms with Gasteiger partial charge >= 0.3 is 5.97 Å². The Balaban J connectivity index is 1.85. The lowest BCUT2D eigenvalue weighted by molar-refractivity contribution is 0.0470. The summed E-state index contributed by atoms with van der Waals surface area (Å²) in [6.07, 6.45) is 1.68. The standard InChI is InChI=1S/C21H18ClNO4/c1-23-12-16(15-5-9-18(26-2)10-6-15)11-19(20(23)24)21(25)27-13-14-3-7-17(22)8-4-14/h3-12H,13H2,1-2H3. The van der Waals surface area contributed by atoms with Crippen LogP contribution in [0, 0.1) is 0 Å². The van der Waals surface area contributed by atoms with E-state index in [0.717, 1.165) is 22.4 Å². The third kappa shape index (κ3) is 4.38. The molecule has 0 aliphatic heterocycles. The number of carbonyl (C=O) groups is 1. The van der Waals surface area contributed by atoms with Crippen LogP contribution in [0.25, 0.3) is 11.1 Å². The molecule has 5 nitrogen and oxygen atoms in total. The Morgan fingerprint density at radius 3 is 2.33 bits per heavy atom. The van der Waals surface area contributed by atoms with Crippen molar-refractivity contribution >= 4 is 17.6 Å². The van der Waals surface area contributed by atoms with Gasteiger partial charge in [0, 0.05) is 18.3 Å². The van der Waals surface area contributed by atoms with Crippen LogP contribution < -0.4 is 10.3 Å². The lowest BCUT2D eigenvalue weighted by atomic mass is 10.1. The molecular weight excluding hydrogens is 366 g/mol. The van der Waals surface area contributed by atoms with Gasteiger partial charge in [0.2, 0.25) is 0 Å². The fraction of sp³-hybridized carbons (Fsp3) is 0.143. The highest BCUT2D eigenvalue weighted by atomic mass is 35.5. The van der Waals surface area contributed by atoms with Crippen molar-refractivity contribution in [3.63, 3.8) is 0 Å². The topological polar surface area (TPSA) is 57.5 Å². The average Bonchev–Trinajstić information content (AvgIpc) is 2.69. The van der Waals surface area contributed by atoms with Crippen LogP contribution in [0.5, 0.6) is 5.75 Å². The number of ether oxygens (including phenoxy) is 2. The van der Waals surface area contributed by atoms with Crippen molar-refractivity contribution < 1.29 is 14.3 Å². The molecule has 0 saturated heterocycles. The van der Waals surface area contributed by atoms with Crippen molar-refractivity contribution in [2.45, 2.75) is 6.61 Å². The number of esters is 1. The van der Waals surface area contributed by atoms with Crippen molar-refractivity contribution in [3.8, 4) is 16.9 Å². The Kier molecular flexibility index (Phi) is 5.62. The minimum absolute atomic E-state index is 0.0141. The summed E-state index contributed by atoms with van der Waals surface area (Å²) in [4.78, 5) is 24.8. The Bertz CT molecular complexity index is 1010. The average molecular weight is 384 g/mol. The van der Waals surface area contributed by atoms with Crippen LogP contribution in [0.3, 0.4) is 0 Å². The summed E-state index contributed by atoms with van der Waals surface area (Å²) < 4.78 is 11.8. The van der Waals surface area contributed by atoms with Gasteiger partial charge in [0.25, 0.3) is 5.56 Å². The van der Waals surface area contributed by atoms with E-state index in [1.165, 1.54) is 4.57 Å². The van der Waals surface area contributed by atoms with Gasteiger partial charge in [-0.05, 0) is 47.0 Å². The molecule has 6 heteroatoms. The third-order valence-corrected chi connectivity index (χ3v) is 4.36. The summed E-state index contributed by atoms with van der Waals surface area (Å²) in [6, 6.07) is 15.9. The lowest BCUT2D eigenvalue weighted by Gasteiger charge is -2.10. The van der Waals surface area contributed by atoms with Crippen LogP contribution in [-0.4, -0.2) is 17.6 Å². The highest BCUT2D eigenvalue weighted by Crippen LogP contribution is 2.22. The van der Waals surface area contributed by atoms with Crippen LogP contribution in [0.4, 0.5) is 0 Å². The number of hydrogen-bond acceptors (Lipinski definition) is 4. The van der Waals surface area contributed by atoms with E-state index in [9.17, 15) is 9.59 Å². The van der Waals surface area contributed by atoms with Gasteiger partial charge in [-0.15, -0.1) is 0 Å². The van der Waals surface area contributed by atoms with E-state index < -0.39 is 11.5 Å². The third-order valence-electron chi connectivity index (χ3n) is 4.11. The summed E-state index contributed by atoms with van der Waals surface area (Å²) >= 11 is 5.84. The van der Waals surface area contributed by atoms with Crippen LogP contribution in [0.1, 0.15) is 15.9 Å². The SMILES string of the molecule is COc1ccc(-c2cc(C(=O)OCc3ccc(Cl)cc3)c(=O)n(C)c2)cc1. The highest BCUT2D eigenvalue weighted by Gasteiger charge is 2.16. The van der Waals surface area contributed by atoms with Crippen LogP contribution in [0.2, 0.25) is 5.02 Å². The van der Waals surface area contributed by atoms with Crippen molar-refractivity contribution in [3.05, 3.63) is 87.3 Å². The molecule has 0 spiro atoms. The first kappa shape index (κ1) is 18.7. The summed E-state index contributed by atoms with van der Waals surface area (Å²) in [5.41, 5.74) is 1.96. The fourth-order valence-corrected chi connectivity index (χ4v) is 2.73. The van der Waals surface area contributed by atoms with Gasteiger partial charge < -0.3 is 14.0 Å². The largest absolute Gasteiger partial charge is 0.497 e.